The van der Waals surface area contributed by atoms with Crippen LogP contribution in [0.15, 0.2) is 18.2 Å². The van der Waals surface area contributed by atoms with Crippen molar-refractivity contribution in [3.8, 4) is 5.75 Å². The lowest BCUT2D eigenvalue weighted by molar-refractivity contribution is 0.371. The minimum Gasteiger partial charge on any atom is -0.496 e. The van der Waals surface area contributed by atoms with E-state index in [1.54, 1.807) is 7.11 Å². The van der Waals surface area contributed by atoms with Gasteiger partial charge in [-0.05, 0) is 19.4 Å². The van der Waals surface area contributed by atoms with Crippen molar-refractivity contribution < 1.29 is 4.74 Å². The molecule has 0 fully saturated rings. The van der Waals surface area contributed by atoms with Crippen molar-refractivity contribution in [3.63, 3.8) is 0 Å². The van der Waals surface area contributed by atoms with Crippen LogP contribution in [0.2, 0.25) is 0 Å². The average molecular weight is 290 g/mol. The predicted octanol–water partition coefficient (Wildman–Crippen LogP) is 3.72. The van der Waals surface area contributed by atoms with E-state index in [9.17, 15) is 0 Å². The maximum Gasteiger partial charge on any atom is 0.123 e. The molecule has 0 amide bonds. The van der Waals surface area contributed by atoms with Gasteiger partial charge in [0.05, 0.1) is 7.11 Å². The zero-order valence-corrected chi connectivity index (χ0v) is 12.7. The molecule has 1 N–H and O–H groups in total. The average Bonchev–Trinajstić information content (AvgIpc) is 2.41. The largest absolute Gasteiger partial charge is 0.496 e. The molecule has 0 aliphatic carbocycles. The van der Waals surface area contributed by atoms with Crippen molar-refractivity contribution in [3.05, 3.63) is 29.3 Å². The topological polar surface area (TPSA) is 21.3 Å². The summed E-state index contributed by atoms with van der Waals surface area (Å²) in [6.07, 6.45) is 0.897. The Labute approximate surface area is 120 Å². The summed E-state index contributed by atoms with van der Waals surface area (Å²) in [5.74, 6) is 1.89. The fourth-order valence-electron chi connectivity index (χ4n) is 1.77. The normalized spacial score (nSPS) is 11.6. The minimum absolute atomic E-state index is 0.210. The predicted molar refractivity (Wildman–Crippen MR) is 79.0 cm³/mol. The van der Waals surface area contributed by atoms with E-state index in [1.165, 1.54) is 5.56 Å². The standard InChI is InChI=1S/C14H21Cl2NO/c1-4-14(9-15,10-16)17-8-12-7-11(2)5-6-13(12)18-3/h5-7,17H,4,8-10H2,1-3H3. The fourth-order valence-corrected chi connectivity index (χ4v) is 2.63. The van der Waals surface area contributed by atoms with Crippen LogP contribution in [0.3, 0.4) is 0 Å². The van der Waals surface area contributed by atoms with Crippen molar-refractivity contribution in [1.29, 1.82) is 0 Å². The Morgan fingerprint density at radius 1 is 1.28 bits per heavy atom. The molecule has 0 spiro atoms. The summed E-state index contributed by atoms with van der Waals surface area (Å²) in [6.45, 7) is 4.86. The van der Waals surface area contributed by atoms with Crippen molar-refractivity contribution in [2.24, 2.45) is 0 Å². The van der Waals surface area contributed by atoms with Gasteiger partial charge in [0.25, 0.3) is 0 Å². The molecule has 0 heterocycles. The molecule has 1 aromatic carbocycles. The Morgan fingerprint density at radius 2 is 1.94 bits per heavy atom. The number of ether oxygens (including phenoxy) is 1. The summed E-state index contributed by atoms with van der Waals surface area (Å²) in [5, 5.41) is 3.46. The molecule has 1 rings (SSSR count). The lowest BCUT2D eigenvalue weighted by atomic mass is 10.0. The molecule has 4 heteroatoms. The summed E-state index contributed by atoms with van der Waals surface area (Å²) in [6, 6.07) is 6.15. The van der Waals surface area contributed by atoms with Crippen LogP contribution in [0.4, 0.5) is 0 Å². The van der Waals surface area contributed by atoms with Gasteiger partial charge in [0.1, 0.15) is 5.75 Å². The summed E-state index contributed by atoms with van der Waals surface area (Å²) in [4.78, 5) is 0. The smallest absolute Gasteiger partial charge is 0.123 e. The number of benzene rings is 1. The van der Waals surface area contributed by atoms with Crippen LogP contribution in [-0.4, -0.2) is 24.4 Å². The molecule has 2 nitrogen and oxygen atoms in total. The van der Waals surface area contributed by atoms with Gasteiger partial charge in [-0.1, -0.05) is 24.6 Å². The Balaban J connectivity index is 2.81. The van der Waals surface area contributed by atoms with Crippen LogP contribution in [0.5, 0.6) is 5.75 Å². The van der Waals surface area contributed by atoms with Crippen molar-refractivity contribution in [1.82, 2.24) is 5.32 Å². The quantitative estimate of drug-likeness (QED) is 0.773. The molecule has 18 heavy (non-hydrogen) atoms. The first kappa shape index (κ1) is 15.6. The SMILES string of the molecule is CCC(CCl)(CCl)NCc1cc(C)ccc1OC. The van der Waals surface area contributed by atoms with E-state index in [-0.39, 0.29) is 5.54 Å². The van der Waals surface area contributed by atoms with E-state index < -0.39 is 0 Å². The van der Waals surface area contributed by atoms with E-state index in [0.29, 0.717) is 18.3 Å². The van der Waals surface area contributed by atoms with Crippen LogP contribution in [0.25, 0.3) is 0 Å². The number of rotatable bonds is 7. The number of alkyl halides is 2. The molecule has 0 aromatic heterocycles. The van der Waals surface area contributed by atoms with Crippen LogP contribution >= 0.6 is 23.2 Å². The number of nitrogens with one attached hydrogen (secondary N) is 1. The molecule has 0 aliphatic heterocycles. The molecule has 0 saturated carbocycles. The van der Waals surface area contributed by atoms with Gasteiger partial charge >= 0.3 is 0 Å². The minimum atomic E-state index is -0.210. The second-order valence-electron chi connectivity index (χ2n) is 4.57. The zero-order chi connectivity index (χ0) is 13.6. The molecule has 0 bridgehead atoms. The van der Waals surface area contributed by atoms with Crippen molar-refractivity contribution in [2.75, 3.05) is 18.9 Å². The monoisotopic (exact) mass is 289 g/mol. The molecule has 0 unspecified atom stereocenters. The van der Waals surface area contributed by atoms with Gasteiger partial charge in [0.2, 0.25) is 0 Å². The third-order valence-electron chi connectivity index (χ3n) is 3.28. The van der Waals surface area contributed by atoms with Gasteiger partial charge in [0, 0.05) is 29.4 Å². The van der Waals surface area contributed by atoms with Gasteiger partial charge < -0.3 is 10.1 Å². The third-order valence-corrected chi connectivity index (χ3v) is 4.30. The van der Waals surface area contributed by atoms with Gasteiger partial charge in [-0.3, -0.25) is 0 Å². The highest BCUT2D eigenvalue weighted by Crippen LogP contribution is 2.22. The Hall–Kier alpha value is -0.440. The third kappa shape index (κ3) is 3.78. The summed E-state index contributed by atoms with van der Waals surface area (Å²) < 4.78 is 5.36. The van der Waals surface area contributed by atoms with E-state index in [4.69, 9.17) is 27.9 Å². The lowest BCUT2D eigenvalue weighted by Gasteiger charge is -2.30. The number of hydrogen-bond acceptors (Lipinski definition) is 2. The van der Waals surface area contributed by atoms with Crippen LogP contribution in [0, 0.1) is 6.92 Å². The van der Waals surface area contributed by atoms with Crippen LogP contribution in [0.1, 0.15) is 24.5 Å². The highest BCUT2D eigenvalue weighted by Gasteiger charge is 2.25. The molecule has 0 radical (unpaired) electrons. The molecule has 0 atom stereocenters. The van der Waals surface area contributed by atoms with Crippen molar-refractivity contribution >= 4 is 23.2 Å². The fraction of sp³-hybridized carbons (Fsp3) is 0.571. The van der Waals surface area contributed by atoms with Gasteiger partial charge in [-0.2, -0.15) is 0 Å². The lowest BCUT2D eigenvalue weighted by Crippen LogP contribution is -2.47. The van der Waals surface area contributed by atoms with Gasteiger partial charge in [-0.15, -0.1) is 23.2 Å². The molecular weight excluding hydrogens is 269 g/mol. The highest BCUT2D eigenvalue weighted by atomic mass is 35.5. The maximum absolute atomic E-state index is 6.02. The van der Waals surface area contributed by atoms with Gasteiger partial charge in [0.15, 0.2) is 0 Å². The van der Waals surface area contributed by atoms with Crippen LogP contribution in [-0.2, 0) is 6.54 Å². The van der Waals surface area contributed by atoms with Crippen molar-refractivity contribution in [2.45, 2.75) is 32.4 Å². The Kier molecular flexibility index (Phi) is 6.27. The maximum atomic E-state index is 6.02. The zero-order valence-electron chi connectivity index (χ0n) is 11.2. The summed E-state index contributed by atoms with van der Waals surface area (Å²) in [7, 11) is 1.68. The van der Waals surface area contributed by atoms with Gasteiger partial charge in [-0.25, -0.2) is 0 Å². The van der Waals surface area contributed by atoms with E-state index in [0.717, 1.165) is 17.7 Å². The summed E-state index contributed by atoms with van der Waals surface area (Å²) in [5.41, 5.74) is 2.13. The first-order valence-electron chi connectivity index (χ1n) is 6.11. The Bertz CT molecular complexity index is 370. The number of aryl methyl sites for hydroxylation is 1. The first-order chi connectivity index (χ1) is 8.60. The molecule has 1 aromatic rings. The number of halogens is 2. The summed E-state index contributed by atoms with van der Waals surface area (Å²) >= 11 is 12.0. The van der Waals surface area contributed by atoms with Crippen LogP contribution < -0.4 is 10.1 Å². The van der Waals surface area contributed by atoms with E-state index in [1.807, 2.05) is 12.1 Å². The second kappa shape index (κ2) is 7.22. The second-order valence-corrected chi connectivity index (χ2v) is 5.10. The molecule has 0 saturated heterocycles. The number of methoxy groups -OCH3 is 1. The molecular formula is C14H21Cl2NO. The number of hydrogen-bond donors (Lipinski definition) is 1. The van der Waals surface area contributed by atoms with E-state index in [2.05, 4.69) is 25.2 Å². The Morgan fingerprint density at radius 3 is 2.44 bits per heavy atom. The highest BCUT2D eigenvalue weighted by molar-refractivity contribution is 6.22. The molecule has 102 valence electrons. The first-order valence-corrected chi connectivity index (χ1v) is 7.18. The van der Waals surface area contributed by atoms with E-state index >= 15 is 0 Å². The molecule has 0 aliphatic rings.